The molecule has 2 aliphatic heterocycles. The summed E-state index contributed by atoms with van der Waals surface area (Å²) in [6, 6.07) is 10.3. The number of aromatic amines is 1. The van der Waals surface area contributed by atoms with Gasteiger partial charge in [0.2, 0.25) is 0 Å². The van der Waals surface area contributed by atoms with E-state index in [9.17, 15) is 14.7 Å². The molecule has 2 aromatic carbocycles. The summed E-state index contributed by atoms with van der Waals surface area (Å²) in [7, 11) is 0. The first-order valence-corrected chi connectivity index (χ1v) is 18.3. The number of H-pyrrole nitrogens is 1. The Morgan fingerprint density at radius 3 is 2.65 bits per heavy atom. The number of aromatic nitrogens is 1. The molecule has 3 heterocycles. The highest BCUT2D eigenvalue weighted by molar-refractivity contribution is 5.87. The number of nitrogens with one attached hydrogen (secondary N) is 4. The van der Waals surface area contributed by atoms with Gasteiger partial charge >= 0.3 is 12.1 Å². The van der Waals surface area contributed by atoms with E-state index in [-0.39, 0.29) is 12.1 Å². The molecule has 3 aliphatic carbocycles. The molecule has 10 nitrogen and oxygen atoms in total. The van der Waals surface area contributed by atoms with Crippen LogP contribution in [0.1, 0.15) is 92.8 Å². The standard InChI is InChI=1S/C38H49N5O5/c1-3-5-15-39-35(44)40-17-13-23-9-11-28-26(19-23)27-21-38(46)30-20-25-10-12-29(47-36(45)41-16-6-4-2)33-31(25)37(38,34(48-33)32(27)42-28)14-18-43(30)22-24-7-8-24/h9-12,19,24,30,34,42,46H,3-8,13-18,20-22H2,1-2H3,(H,41,45)(H2,39,40,44)/t30-,34+,37+,38-/m1/s1. The molecule has 1 saturated carbocycles. The molecule has 0 radical (unpaired) electrons. The van der Waals surface area contributed by atoms with Gasteiger partial charge in [0.25, 0.3) is 0 Å². The van der Waals surface area contributed by atoms with E-state index in [4.69, 9.17) is 9.47 Å². The predicted molar refractivity (Wildman–Crippen MR) is 184 cm³/mol. The quantitative estimate of drug-likeness (QED) is 0.166. The van der Waals surface area contributed by atoms with Gasteiger partial charge in [0.05, 0.1) is 16.7 Å². The topological polar surface area (TPSA) is 128 Å². The first-order valence-electron chi connectivity index (χ1n) is 18.3. The van der Waals surface area contributed by atoms with Crippen molar-refractivity contribution >= 4 is 23.0 Å². The van der Waals surface area contributed by atoms with Crippen LogP contribution < -0.4 is 25.4 Å². The van der Waals surface area contributed by atoms with Gasteiger partial charge in [-0.15, -0.1) is 0 Å². The Bertz CT molecular complexity index is 1730. The summed E-state index contributed by atoms with van der Waals surface area (Å²) in [6.07, 6.45) is 8.25. The van der Waals surface area contributed by atoms with Gasteiger partial charge in [0, 0.05) is 55.1 Å². The van der Waals surface area contributed by atoms with Crippen molar-refractivity contribution in [1.82, 2.24) is 25.8 Å². The summed E-state index contributed by atoms with van der Waals surface area (Å²) in [5.74, 6) is 1.74. The smallest absolute Gasteiger partial charge is 0.412 e. The fourth-order valence-corrected chi connectivity index (χ4v) is 9.16. The average Bonchev–Trinajstić information content (AvgIpc) is 3.72. The van der Waals surface area contributed by atoms with Crippen LogP contribution in [0.5, 0.6) is 11.5 Å². The number of hydrogen-bond donors (Lipinski definition) is 5. The van der Waals surface area contributed by atoms with Crippen LogP contribution in [-0.2, 0) is 24.7 Å². The normalized spacial score (nSPS) is 26.4. The largest absolute Gasteiger partial charge is 0.479 e. The Hall–Kier alpha value is -3.76. The molecule has 1 aromatic heterocycles. The molecule has 48 heavy (non-hydrogen) atoms. The van der Waals surface area contributed by atoms with Crippen LogP contribution in [0.25, 0.3) is 10.9 Å². The van der Waals surface area contributed by atoms with Gasteiger partial charge in [-0.3, -0.25) is 4.90 Å². The highest BCUT2D eigenvalue weighted by atomic mass is 16.6. The number of piperidine rings is 1. The van der Waals surface area contributed by atoms with E-state index < -0.39 is 23.2 Å². The lowest BCUT2D eigenvalue weighted by atomic mass is 9.49. The van der Waals surface area contributed by atoms with Crippen molar-refractivity contribution in [2.45, 2.75) is 101 Å². The van der Waals surface area contributed by atoms with E-state index in [1.54, 1.807) is 0 Å². The third kappa shape index (κ3) is 5.05. The SMILES string of the molecule is CCCCNC(=O)NCCc1ccc2[nH]c3c(c2c1)C[C@@]1(O)[C@H]2Cc4ccc(OC(=O)NCCCC)c5c4[C@@]1(CCN2CC1CC1)[C@H]3O5. The molecular formula is C38H49N5O5. The second-order valence-electron chi connectivity index (χ2n) is 14.8. The molecule has 5 N–H and O–H groups in total. The number of fused-ring (bicyclic) bond motifs is 4. The first-order chi connectivity index (χ1) is 23.4. The molecule has 4 atom stereocenters. The third-order valence-electron chi connectivity index (χ3n) is 11.7. The number of unbranched alkanes of at least 4 members (excludes halogenated alkanes) is 2. The van der Waals surface area contributed by atoms with Crippen LogP contribution in [0.4, 0.5) is 9.59 Å². The molecule has 1 spiro atoms. The number of urea groups is 1. The van der Waals surface area contributed by atoms with E-state index in [2.05, 4.69) is 63.9 Å². The zero-order valence-electron chi connectivity index (χ0n) is 28.3. The number of nitrogens with zero attached hydrogens (tertiary/aromatic N) is 1. The van der Waals surface area contributed by atoms with E-state index in [0.717, 1.165) is 90.8 Å². The molecule has 0 unspecified atom stereocenters. The van der Waals surface area contributed by atoms with Gasteiger partial charge in [-0.1, -0.05) is 38.8 Å². The van der Waals surface area contributed by atoms with Crippen molar-refractivity contribution < 1.29 is 24.2 Å². The summed E-state index contributed by atoms with van der Waals surface area (Å²) in [5.41, 5.74) is 4.78. The highest BCUT2D eigenvalue weighted by Crippen LogP contribution is 2.69. The van der Waals surface area contributed by atoms with Crippen molar-refractivity contribution in [3.8, 4) is 11.5 Å². The summed E-state index contributed by atoms with van der Waals surface area (Å²) >= 11 is 0. The maximum absolute atomic E-state index is 13.3. The number of benzene rings is 2. The van der Waals surface area contributed by atoms with Crippen molar-refractivity contribution in [1.29, 1.82) is 0 Å². The number of ether oxygens (including phenoxy) is 2. The molecule has 2 bridgehead atoms. The second-order valence-corrected chi connectivity index (χ2v) is 14.8. The van der Waals surface area contributed by atoms with Gasteiger partial charge in [-0.25, -0.2) is 9.59 Å². The number of hydrogen-bond acceptors (Lipinski definition) is 6. The maximum atomic E-state index is 13.3. The molecule has 8 rings (SSSR count). The number of aliphatic hydroxyl groups is 1. The fourth-order valence-electron chi connectivity index (χ4n) is 9.16. The van der Waals surface area contributed by atoms with Gasteiger partial charge in [-0.2, -0.15) is 0 Å². The number of amides is 3. The lowest BCUT2D eigenvalue weighted by Crippen LogP contribution is -2.74. The Morgan fingerprint density at radius 2 is 1.85 bits per heavy atom. The lowest BCUT2D eigenvalue weighted by Gasteiger charge is -2.62. The Labute approximate surface area is 282 Å². The summed E-state index contributed by atoms with van der Waals surface area (Å²) < 4.78 is 12.9. The van der Waals surface area contributed by atoms with E-state index >= 15 is 0 Å². The van der Waals surface area contributed by atoms with Gasteiger partial charge in [0.1, 0.15) is 0 Å². The van der Waals surface area contributed by atoms with E-state index in [1.807, 2.05) is 6.07 Å². The molecule has 1 saturated heterocycles. The Balaban J connectivity index is 1.15. The monoisotopic (exact) mass is 655 g/mol. The molecular weight excluding hydrogens is 606 g/mol. The van der Waals surface area contributed by atoms with Gasteiger partial charge < -0.3 is 35.5 Å². The minimum absolute atomic E-state index is 0.0304. The van der Waals surface area contributed by atoms with Gasteiger partial charge in [0.15, 0.2) is 17.6 Å². The van der Waals surface area contributed by atoms with E-state index in [0.29, 0.717) is 44.0 Å². The lowest BCUT2D eigenvalue weighted by molar-refractivity contribution is -0.173. The van der Waals surface area contributed by atoms with Crippen LogP contribution in [0.15, 0.2) is 30.3 Å². The third-order valence-corrected chi connectivity index (χ3v) is 11.7. The predicted octanol–water partition coefficient (Wildman–Crippen LogP) is 5.40. The van der Waals surface area contributed by atoms with Crippen molar-refractivity contribution in [2.24, 2.45) is 5.92 Å². The number of rotatable bonds is 12. The first kappa shape index (κ1) is 31.5. The van der Waals surface area contributed by atoms with Crippen molar-refractivity contribution in [2.75, 3.05) is 32.7 Å². The van der Waals surface area contributed by atoms with Crippen LogP contribution in [0, 0.1) is 5.92 Å². The van der Waals surface area contributed by atoms with Crippen LogP contribution in [0.2, 0.25) is 0 Å². The fraction of sp³-hybridized carbons (Fsp3) is 0.579. The Morgan fingerprint density at radius 1 is 1.06 bits per heavy atom. The molecule has 10 heteroatoms. The maximum Gasteiger partial charge on any atom is 0.412 e. The van der Waals surface area contributed by atoms with Crippen LogP contribution in [0.3, 0.4) is 0 Å². The van der Waals surface area contributed by atoms with Crippen LogP contribution in [-0.4, -0.2) is 71.5 Å². The molecule has 3 amide bonds. The number of carbonyl (C=O) groups is 2. The summed E-state index contributed by atoms with van der Waals surface area (Å²) in [5, 5.41) is 23.2. The Kier molecular flexibility index (Phi) is 8.06. The van der Waals surface area contributed by atoms with Crippen molar-refractivity contribution in [3.63, 3.8) is 0 Å². The highest BCUT2D eigenvalue weighted by Gasteiger charge is 2.73. The number of likely N-dealkylation sites (tertiary alicyclic amines) is 1. The van der Waals surface area contributed by atoms with E-state index in [1.165, 1.54) is 18.4 Å². The molecule has 2 fully saturated rings. The number of carbonyl (C=O) groups excluding carboxylic acids is 2. The molecule has 256 valence electrons. The zero-order valence-corrected chi connectivity index (χ0v) is 28.3. The van der Waals surface area contributed by atoms with Crippen LogP contribution >= 0.6 is 0 Å². The minimum atomic E-state index is -1.05. The second kappa shape index (κ2) is 12.3. The zero-order chi connectivity index (χ0) is 33.0. The summed E-state index contributed by atoms with van der Waals surface area (Å²) in [6.45, 7) is 7.91. The summed E-state index contributed by atoms with van der Waals surface area (Å²) in [4.78, 5) is 31.3. The minimum Gasteiger partial charge on any atom is -0.479 e. The average molecular weight is 656 g/mol. The molecule has 3 aromatic rings. The molecule has 5 aliphatic rings. The van der Waals surface area contributed by atoms with Crippen molar-refractivity contribution in [3.05, 3.63) is 58.3 Å². The van der Waals surface area contributed by atoms with Gasteiger partial charge in [-0.05, 0) is 92.3 Å².